The highest BCUT2D eigenvalue weighted by atomic mass is 16.5. The van der Waals surface area contributed by atoms with Gasteiger partial charge in [-0.3, -0.25) is 0 Å². The van der Waals surface area contributed by atoms with Gasteiger partial charge in [0.05, 0.1) is 0 Å². The fraction of sp³-hybridized carbons (Fsp3) is 0.368. The summed E-state index contributed by atoms with van der Waals surface area (Å²) in [5.41, 5.74) is 4.99. The molecule has 0 aromatic heterocycles. The molecular formula is C19H25NO. The molecule has 0 fully saturated rings. The first-order valence-corrected chi connectivity index (χ1v) is 7.65. The van der Waals surface area contributed by atoms with Crippen molar-refractivity contribution in [3.63, 3.8) is 0 Å². The molecule has 2 rings (SSSR count). The van der Waals surface area contributed by atoms with E-state index in [0.717, 1.165) is 31.0 Å². The quantitative estimate of drug-likeness (QED) is 0.761. The van der Waals surface area contributed by atoms with Crippen LogP contribution >= 0.6 is 0 Å². The lowest BCUT2D eigenvalue weighted by atomic mass is 10.1. The van der Waals surface area contributed by atoms with Crippen LogP contribution in [-0.4, -0.2) is 6.54 Å². The zero-order valence-electron chi connectivity index (χ0n) is 13.5. The van der Waals surface area contributed by atoms with Gasteiger partial charge in [-0.25, -0.2) is 0 Å². The SMILES string of the molecule is CCCNCc1ccc(Oc2cc(C)cc(C)c2C)cc1. The molecule has 0 bridgehead atoms. The fourth-order valence-electron chi connectivity index (χ4n) is 2.32. The number of ether oxygens (including phenoxy) is 1. The third kappa shape index (κ3) is 4.33. The molecule has 112 valence electrons. The van der Waals surface area contributed by atoms with Gasteiger partial charge < -0.3 is 10.1 Å². The smallest absolute Gasteiger partial charge is 0.130 e. The zero-order chi connectivity index (χ0) is 15.2. The summed E-state index contributed by atoms with van der Waals surface area (Å²) in [6.45, 7) is 10.5. The molecular weight excluding hydrogens is 258 g/mol. The Hall–Kier alpha value is -1.80. The van der Waals surface area contributed by atoms with Crippen LogP contribution in [0, 0.1) is 20.8 Å². The molecule has 0 radical (unpaired) electrons. The van der Waals surface area contributed by atoms with E-state index in [1.54, 1.807) is 0 Å². The van der Waals surface area contributed by atoms with Gasteiger partial charge in [-0.1, -0.05) is 25.1 Å². The van der Waals surface area contributed by atoms with Gasteiger partial charge in [0.2, 0.25) is 0 Å². The predicted molar refractivity (Wildman–Crippen MR) is 89.2 cm³/mol. The monoisotopic (exact) mass is 283 g/mol. The Morgan fingerprint density at radius 3 is 2.38 bits per heavy atom. The normalized spacial score (nSPS) is 10.7. The molecule has 2 aromatic carbocycles. The van der Waals surface area contributed by atoms with E-state index in [1.165, 1.54) is 22.3 Å². The molecule has 0 aliphatic heterocycles. The molecule has 2 aromatic rings. The minimum absolute atomic E-state index is 0.891. The Labute approximate surface area is 128 Å². The van der Waals surface area contributed by atoms with Crippen LogP contribution in [-0.2, 0) is 6.54 Å². The first kappa shape index (κ1) is 15.6. The summed E-state index contributed by atoms with van der Waals surface area (Å²) in [5.74, 6) is 1.84. The van der Waals surface area contributed by atoms with Crippen LogP contribution in [0.2, 0.25) is 0 Å². The maximum Gasteiger partial charge on any atom is 0.130 e. The molecule has 21 heavy (non-hydrogen) atoms. The maximum absolute atomic E-state index is 6.03. The summed E-state index contributed by atoms with van der Waals surface area (Å²) in [4.78, 5) is 0. The van der Waals surface area contributed by atoms with E-state index in [2.05, 4.69) is 57.3 Å². The molecule has 0 amide bonds. The van der Waals surface area contributed by atoms with Gasteiger partial charge in [0.25, 0.3) is 0 Å². The summed E-state index contributed by atoms with van der Waals surface area (Å²) in [6, 6.07) is 12.6. The van der Waals surface area contributed by atoms with Crippen molar-refractivity contribution in [1.29, 1.82) is 0 Å². The van der Waals surface area contributed by atoms with E-state index in [0.29, 0.717) is 0 Å². The molecule has 0 spiro atoms. The van der Waals surface area contributed by atoms with Gasteiger partial charge in [-0.2, -0.15) is 0 Å². The molecule has 0 heterocycles. The lowest BCUT2D eigenvalue weighted by molar-refractivity contribution is 0.477. The van der Waals surface area contributed by atoms with E-state index in [9.17, 15) is 0 Å². The van der Waals surface area contributed by atoms with E-state index < -0.39 is 0 Å². The van der Waals surface area contributed by atoms with Crippen molar-refractivity contribution in [2.24, 2.45) is 0 Å². The number of benzene rings is 2. The molecule has 0 saturated heterocycles. The molecule has 0 aliphatic carbocycles. The largest absolute Gasteiger partial charge is 0.457 e. The van der Waals surface area contributed by atoms with Gasteiger partial charge in [0.15, 0.2) is 0 Å². The maximum atomic E-state index is 6.03. The van der Waals surface area contributed by atoms with Crippen LogP contribution in [0.1, 0.15) is 35.6 Å². The topological polar surface area (TPSA) is 21.3 Å². The lowest BCUT2D eigenvalue weighted by Crippen LogP contribution is -2.13. The highest BCUT2D eigenvalue weighted by Gasteiger charge is 2.05. The standard InChI is InChI=1S/C19H25NO/c1-5-10-20-13-17-6-8-18(9-7-17)21-19-12-14(2)11-15(3)16(19)4/h6-9,11-12,20H,5,10,13H2,1-4H3. The van der Waals surface area contributed by atoms with Crippen LogP contribution in [0.25, 0.3) is 0 Å². The summed E-state index contributed by atoms with van der Waals surface area (Å²) < 4.78 is 6.03. The Balaban J connectivity index is 2.07. The summed E-state index contributed by atoms with van der Waals surface area (Å²) in [7, 11) is 0. The van der Waals surface area contributed by atoms with Crippen molar-refractivity contribution < 1.29 is 4.74 Å². The summed E-state index contributed by atoms with van der Waals surface area (Å²) in [6.07, 6.45) is 1.16. The van der Waals surface area contributed by atoms with E-state index in [1.807, 2.05) is 12.1 Å². The lowest BCUT2D eigenvalue weighted by Gasteiger charge is -2.12. The molecule has 2 heteroatoms. The Bertz CT molecular complexity index is 587. The Kier molecular flexibility index (Phi) is 5.40. The number of hydrogen-bond acceptors (Lipinski definition) is 2. The van der Waals surface area contributed by atoms with Crippen LogP contribution in [0.3, 0.4) is 0 Å². The van der Waals surface area contributed by atoms with Gasteiger partial charge >= 0.3 is 0 Å². The van der Waals surface area contributed by atoms with E-state index >= 15 is 0 Å². The summed E-state index contributed by atoms with van der Waals surface area (Å²) in [5, 5.41) is 3.40. The van der Waals surface area contributed by atoms with E-state index in [4.69, 9.17) is 4.74 Å². The van der Waals surface area contributed by atoms with Crippen LogP contribution < -0.4 is 10.1 Å². The van der Waals surface area contributed by atoms with Gasteiger partial charge in [0, 0.05) is 6.54 Å². The average molecular weight is 283 g/mol. The average Bonchev–Trinajstić information content (AvgIpc) is 2.46. The van der Waals surface area contributed by atoms with E-state index in [-0.39, 0.29) is 0 Å². The first-order valence-electron chi connectivity index (χ1n) is 7.65. The second-order valence-electron chi connectivity index (χ2n) is 5.63. The fourth-order valence-corrected chi connectivity index (χ4v) is 2.32. The number of nitrogens with one attached hydrogen (secondary N) is 1. The second kappa shape index (κ2) is 7.28. The van der Waals surface area contributed by atoms with Crippen LogP contribution in [0.4, 0.5) is 0 Å². The number of rotatable bonds is 6. The number of hydrogen-bond donors (Lipinski definition) is 1. The third-order valence-corrected chi connectivity index (χ3v) is 3.67. The highest BCUT2D eigenvalue weighted by Crippen LogP contribution is 2.28. The molecule has 0 atom stereocenters. The minimum atomic E-state index is 0.891. The molecule has 2 nitrogen and oxygen atoms in total. The van der Waals surface area contributed by atoms with Gasteiger partial charge in [-0.15, -0.1) is 0 Å². The van der Waals surface area contributed by atoms with Crippen LogP contribution in [0.5, 0.6) is 11.5 Å². The van der Waals surface area contributed by atoms with Crippen molar-refractivity contribution in [3.05, 3.63) is 58.7 Å². The van der Waals surface area contributed by atoms with Gasteiger partial charge in [0.1, 0.15) is 11.5 Å². The third-order valence-electron chi connectivity index (χ3n) is 3.67. The van der Waals surface area contributed by atoms with Crippen molar-refractivity contribution >= 4 is 0 Å². The van der Waals surface area contributed by atoms with Crippen molar-refractivity contribution in [2.75, 3.05) is 6.54 Å². The first-order chi connectivity index (χ1) is 10.1. The second-order valence-corrected chi connectivity index (χ2v) is 5.63. The van der Waals surface area contributed by atoms with Crippen molar-refractivity contribution in [3.8, 4) is 11.5 Å². The molecule has 0 saturated carbocycles. The number of aryl methyl sites for hydroxylation is 2. The minimum Gasteiger partial charge on any atom is -0.457 e. The summed E-state index contributed by atoms with van der Waals surface area (Å²) >= 11 is 0. The highest BCUT2D eigenvalue weighted by molar-refractivity contribution is 5.44. The molecule has 0 aliphatic rings. The van der Waals surface area contributed by atoms with Crippen molar-refractivity contribution in [1.82, 2.24) is 5.32 Å². The van der Waals surface area contributed by atoms with Gasteiger partial charge in [-0.05, 0) is 74.2 Å². The zero-order valence-corrected chi connectivity index (χ0v) is 13.5. The molecule has 1 N–H and O–H groups in total. The molecule has 0 unspecified atom stereocenters. The Morgan fingerprint density at radius 1 is 1.00 bits per heavy atom. The van der Waals surface area contributed by atoms with Crippen molar-refractivity contribution in [2.45, 2.75) is 40.7 Å². The Morgan fingerprint density at radius 2 is 1.71 bits per heavy atom. The van der Waals surface area contributed by atoms with Crippen LogP contribution in [0.15, 0.2) is 36.4 Å². The predicted octanol–water partition coefficient (Wildman–Crippen LogP) is 4.90.